The minimum absolute atomic E-state index is 0. The molecule has 20 heavy (non-hydrogen) atoms. The SMILES string of the molecule is CC(C)c1ccccc1[Si-]1CCCc2ccccc21.[Li+]. The molecule has 0 amide bonds. The van der Waals surface area contributed by atoms with E-state index in [1.165, 1.54) is 18.9 Å². The Morgan fingerprint density at radius 3 is 2.30 bits per heavy atom. The van der Waals surface area contributed by atoms with Crippen LogP contribution in [0.3, 0.4) is 0 Å². The summed E-state index contributed by atoms with van der Waals surface area (Å²) in [5, 5.41) is 3.31. The van der Waals surface area contributed by atoms with Crippen LogP contribution >= 0.6 is 0 Å². The number of hydrogen-bond acceptors (Lipinski definition) is 0. The minimum atomic E-state index is -0.557. The molecule has 0 saturated carbocycles. The van der Waals surface area contributed by atoms with Crippen molar-refractivity contribution in [1.82, 2.24) is 0 Å². The predicted octanol–water partition coefficient (Wildman–Crippen LogP) is 0.369. The fraction of sp³-hybridized carbons (Fsp3) is 0.333. The molecule has 0 atom stereocenters. The maximum Gasteiger partial charge on any atom is 1.00 e. The molecule has 0 nitrogen and oxygen atoms in total. The average Bonchev–Trinajstić information content (AvgIpc) is 2.46. The molecule has 0 fully saturated rings. The quantitative estimate of drug-likeness (QED) is 0.693. The van der Waals surface area contributed by atoms with Crippen LogP contribution in [0, 0.1) is 0 Å². The predicted molar refractivity (Wildman–Crippen MR) is 85.1 cm³/mol. The van der Waals surface area contributed by atoms with Crippen molar-refractivity contribution >= 4 is 19.2 Å². The second-order valence-corrected chi connectivity index (χ2v) is 8.27. The van der Waals surface area contributed by atoms with Gasteiger partial charge in [-0.05, 0) is 12.3 Å². The third-order valence-corrected chi connectivity index (χ3v) is 7.22. The summed E-state index contributed by atoms with van der Waals surface area (Å²) < 4.78 is 0. The molecular formula is C18H21LiSi. The van der Waals surface area contributed by atoms with Gasteiger partial charge in [-0.1, -0.05) is 79.9 Å². The van der Waals surface area contributed by atoms with E-state index >= 15 is 0 Å². The monoisotopic (exact) mass is 272 g/mol. The van der Waals surface area contributed by atoms with Crippen molar-refractivity contribution in [2.75, 3.05) is 0 Å². The van der Waals surface area contributed by atoms with Crippen molar-refractivity contribution in [3.63, 3.8) is 0 Å². The van der Waals surface area contributed by atoms with Gasteiger partial charge >= 0.3 is 18.9 Å². The molecule has 2 heteroatoms. The van der Waals surface area contributed by atoms with E-state index in [1.807, 2.05) is 0 Å². The minimum Gasteiger partial charge on any atom is -0.251 e. The van der Waals surface area contributed by atoms with E-state index < -0.39 is 8.80 Å². The molecule has 0 radical (unpaired) electrons. The fourth-order valence-corrected chi connectivity index (χ4v) is 6.45. The van der Waals surface area contributed by atoms with Crippen LogP contribution in [0.15, 0.2) is 48.5 Å². The van der Waals surface area contributed by atoms with E-state index in [4.69, 9.17) is 0 Å². The van der Waals surface area contributed by atoms with Gasteiger partial charge in [-0.15, -0.1) is 0 Å². The molecular weight excluding hydrogens is 251 g/mol. The number of hydrogen-bond donors (Lipinski definition) is 0. The van der Waals surface area contributed by atoms with Gasteiger partial charge in [0.15, 0.2) is 0 Å². The molecule has 0 aliphatic carbocycles. The Balaban J connectivity index is 0.00000147. The van der Waals surface area contributed by atoms with Gasteiger partial charge in [-0.25, -0.2) is 0 Å². The summed E-state index contributed by atoms with van der Waals surface area (Å²) in [6.07, 6.45) is 2.63. The van der Waals surface area contributed by atoms with Gasteiger partial charge < -0.3 is 0 Å². The van der Waals surface area contributed by atoms with Crippen LogP contribution in [0.4, 0.5) is 0 Å². The van der Waals surface area contributed by atoms with Crippen LogP contribution in [0.25, 0.3) is 0 Å². The summed E-state index contributed by atoms with van der Waals surface area (Å²) in [7, 11) is -0.557. The fourth-order valence-electron chi connectivity index (χ4n) is 3.18. The second-order valence-electron chi connectivity index (χ2n) is 5.73. The van der Waals surface area contributed by atoms with Crippen molar-refractivity contribution in [3.8, 4) is 0 Å². The smallest absolute Gasteiger partial charge is 0.251 e. The van der Waals surface area contributed by atoms with Gasteiger partial charge in [0.2, 0.25) is 0 Å². The van der Waals surface area contributed by atoms with Crippen LogP contribution < -0.4 is 29.2 Å². The first-order chi connectivity index (χ1) is 9.27. The van der Waals surface area contributed by atoms with E-state index in [2.05, 4.69) is 62.4 Å². The van der Waals surface area contributed by atoms with Crippen molar-refractivity contribution in [3.05, 3.63) is 59.7 Å². The largest absolute Gasteiger partial charge is 1.00 e. The Morgan fingerprint density at radius 2 is 1.55 bits per heavy atom. The van der Waals surface area contributed by atoms with Crippen molar-refractivity contribution in [1.29, 1.82) is 0 Å². The van der Waals surface area contributed by atoms with Gasteiger partial charge in [-0.2, -0.15) is 16.4 Å². The van der Waals surface area contributed by atoms with Crippen LogP contribution in [0.5, 0.6) is 0 Å². The van der Waals surface area contributed by atoms with Gasteiger partial charge in [-0.3, -0.25) is 8.80 Å². The maximum atomic E-state index is 2.38. The third-order valence-electron chi connectivity index (χ3n) is 4.12. The molecule has 98 valence electrons. The normalized spacial score (nSPS) is 13.8. The molecule has 0 N–H and O–H groups in total. The molecule has 3 rings (SSSR count). The summed E-state index contributed by atoms with van der Waals surface area (Å²) in [6.45, 7) is 4.63. The zero-order chi connectivity index (χ0) is 13.2. The summed E-state index contributed by atoms with van der Waals surface area (Å²) in [4.78, 5) is 0. The summed E-state index contributed by atoms with van der Waals surface area (Å²) in [5.41, 5.74) is 3.16. The first kappa shape index (κ1) is 15.6. The summed E-state index contributed by atoms with van der Waals surface area (Å²) >= 11 is 0. The van der Waals surface area contributed by atoms with Gasteiger partial charge in [0.1, 0.15) is 0 Å². The number of aryl methyl sites for hydroxylation is 1. The zero-order valence-corrected chi connectivity index (χ0v) is 13.8. The number of rotatable bonds is 2. The van der Waals surface area contributed by atoms with E-state index in [0.717, 1.165) is 0 Å². The molecule has 1 aliphatic heterocycles. The van der Waals surface area contributed by atoms with Gasteiger partial charge in [0.25, 0.3) is 0 Å². The Morgan fingerprint density at radius 1 is 0.900 bits per heavy atom. The van der Waals surface area contributed by atoms with Crippen LogP contribution in [0.1, 0.15) is 37.3 Å². The number of fused-ring (bicyclic) bond motifs is 1. The Kier molecular flexibility index (Phi) is 5.32. The van der Waals surface area contributed by atoms with Crippen LogP contribution in [0.2, 0.25) is 6.04 Å². The summed E-state index contributed by atoms with van der Waals surface area (Å²) in [5.74, 6) is 0.628. The molecule has 2 aromatic rings. The molecule has 1 aliphatic rings. The topological polar surface area (TPSA) is 0 Å². The first-order valence-corrected chi connectivity index (χ1v) is 9.01. The third kappa shape index (κ3) is 2.96. The van der Waals surface area contributed by atoms with E-state index in [1.54, 1.807) is 21.5 Å². The van der Waals surface area contributed by atoms with Gasteiger partial charge in [0.05, 0.1) is 0 Å². The Bertz CT molecular complexity index is 577. The van der Waals surface area contributed by atoms with Crippen LogP contribution in [-0.2, 0) is 6.42 Å². The van der Waals surface area contributed by atoms with E-state index in [0.29, 0.717) is 5.92 Å². The summed E-state index contributed by atoms with van der Waals surface area (Å²) in [6, 6.07) is 19.6. The molecule has 0 bridgehead atoms. The second kappa shape index (κ2) is 6.81. The van der Waals surface area contributed by atoms with Crippen molar-refractivity contribution in [2.45, 2.75) is 38.7 Å². The van der Waals surface area contributed by atoms with Crippen LogP contribution in [-0.4, -0.2) is 8.80 Å². The van der Waals surface area contributed by atoms with Crippen molar-refractivity contribution in [2.24, 2.45) is 0 Å². The van der Waals surface area contributed by atoms with Crippen molar-refractivity contribution < 1.29 is 18.9 Å². The maximum absolute atomic E-state index is 2.38. The average molecular weight is 272 g/mol. The van der Waals surface area contributed by atoms with E-state index in [9.17, 15) is 0 Å². The zero-order valence-electron chi connectivity index (χ0n) is 12.8. The molecule has 0 aromatic heterocycles. The van der Waals surface area contributed by atoms with Gasteiger partial charge in [0, 0.05) is 0 Å². The molecule has 0 spiro atoms. The molecule has 1 heterocycles. The molecule has 0 unspecified atom stereocenters. The molecule has 0 saturated heterocycles. The first-order valence-electron chi connectivity index (χ1n) is 7.31. The molecule has 2 aromatic carbocycles. The Labute approximate surface area is 136 Å². The standard InChI is InChI=1S/C18H21Si.Li/c1-14(2)16-10-4-6-12-18(16)19-13-7-9-15-8-3-5-11-17(15)19;/h3-6,8,10-12,14H,7,9,13H2,1-2H3;/q-1;+1. The number of benzene rings is 2. The Hall–Kier alpha value is -0.746. The van der Waals surface area contributed by atoms with E-state index in [-0.39, 0.29) is 18.9 Å².